The molecule has 3 heterocycles. The first-order valence-electron chi connectivity index (χ1n) is 9.29. The van der Waals surface area contributed by atoms with Crippen LogP contribution in [-0.2, 0) is 19.0 Å². The second-order valence-electron chi connectivity index (χ2n) is 7.82. The molecule has 3 aliphatic rings. The van der Waals surface area contributed by atoms with Gasteiger partial charge in [-0.3, -0.25) is 4.79 Å². The Morgan fingerprint density at radius 2 is 1.96 bits per heavy atom. The van der Waals surface area contributed by atoms with Crippen LogP contribution < -0.4 is 0 Å². The molecule has 1 spiro atoms. The van der Waals surface area contributed by atoms with Crippen LogP contribution in [0.25, 0.3) is 0 Å². The summed E-state index contributed by atoms with van der Waals surface area (Å²) in [4.78, 5) is 15.8. The Hall–Kier alpha value is -0.690. The van der Waals surface area contributed by atoms with Crippen molar-refractivity contribution < 1.29 is 19.0 Å². The van der Waals surface area contributed by atoms with Crippen LogP contribution in [0.2, 0.25) is 0 Å². The molecule has 0 aromatic rings. The first kappa shape index (κ1) is 18.1. The lowest BCUT2D eigenvalue weighted by atomic mass is 9.76. The molecule has 3 aliphatic heterocycles. The highest BCUT2D eigenvalue weighted by molar-refractivity contribution is 5.76. The molecule has 1 amide bonds. The van der Waals surface area contributed by atoms with Gasteiger partial charge in [0, 0.05) is 33.4 Å². The lowest BCUT2D eigenvalue weighted by Gasteiger charge is -2.43. The number of amides is 1. The van der Waals surface area contributed by atoms with Gasteiger partial charge in [0.2, 0.25) is 5.91 Å². The molecule has 3 rings (SSSR count). The monoisotopic (exact) mass is 340 g/mol. The van der Waals surface area contributed by atoms with Gasteiger partial charge < -0.3 is 24.0 Å². The quantitative estimate of drug-likeness (QED) is 0.751. The number of piperidine rings is 1. The predicted octanol–water partition coefficient (Wildman–Crippen LogP) is 1.14. The van der Waals surface area contributed by atoms with Crippen LogP contribution in [-0.4, -0.2) is 88.1 Å². The van der Waals surface area contributed by atoms with Gasteiger partial charge in [0.25, 0.3) is 0 Å². The second kappa shape index (κ2) is 8.13. The van der Waals surface area contributed by atoms with Crippen molar-refractivity contribution in [1.29, 1.82) is 0 Å². The van der Waals surface area contributed by atoms with E-state index in [-0.39, 0.29) is 18.6 Å². The standard InChI is InChI=1S/C18H32N2O4/c1-19(2)17(21)13-23-12-16-11-18(14-24-16)5-7-20(8-6-18)15-3-9-22-10-4-15/h15-16H,3-14H2,1-2H3/t16-/m0/s1. The number of hydrogen-bond donors (Lipinski definition) is 0. The maximum absolute atomic E-state index is 11.5. The molecule has 6 heteroatoms. The van der Waals surface area contributed by atoms with Crippen molar-refractivity contribution >= 4 is 5.91 Å². The third-order valence-electron chi connectivity index (χ3n) is 5.88. The smallest absolute Gasteiger partial charge is 0.248 e. The highest BCUT2D eigenvalue weighted by atomic mass is 16.5. The molecule has 24 heavy (non-hydrogen) atoms. The normalized spacial score (nSPS) is 28.3. The van der Waals surface area contributed by atoms with E-state index in [0.717, 1.165) is 32.3 Å². The van der Waals surface area contributed by atoms with Crippen LogP contribution in [0.3, 0.4) is 0 Å². The van der Waals surface area contributed by atoms with E-state index in [4.69, 9.17) is 14.2 Å². The summed E-state index contributed by atoms with van der Waals surface area (Å²) in [7, 11) is 3.50. The zero-order valence-corrected chi connectivity index (χ0v) is 15.2. The summed E-state index contributed by atoms with van der Waals surface area (Å²) in [6.45, 7) is 5.73. The van der Waals surface area contributed by atoms with Gasteiger partial charge in [-0.2, -0.15) is 0 Å². The molecule has 3 saturated heterocycles. The van der Waals surface area contributed by atoms with Crippen molar-refractivity contribution in [2.45, 2.75) is 44.2 Å². The maximum Gasteiger partial charge on any atom is 0.248 e. The van der Waals surface area contributed by atoms with Crippen LogP contribution in [0, 0.1) is 5.41 Å². The number of nitrogens with zero attached hydrogens (tertiary/aromatic N) is 2. The maximum atomic E-state index is 11.5. The molecule has 3 fully saturated rings. The van der Waals surface area contributed by atoms with E-state index in [9.17, 15) is 4.79 Å². The van der Waals surface area contributed by atoms with Crippen molar-refractivity contribution in [3.63, 3.8) is 0 Å². The van der Waals surface area contributed by atoms with E-state index in [2.05, 4.69) is 4.90 Å². The minimum atomic E-state index is 0.00693. The van der Waals surface area contributed by atoms with Crippen molar-refractivity contribution in [3.8, 4) is 0 Å². The van der Waals surface area contributed by atoms with Crippen LogP contribution in [0.5, 0.6) is 0 Å². The van der Waals surface area contributed by atoms with Crippen LogP contribution in [0.1, 0.15) is 32.1 Å². The molecule has 138 valence electrons. The van der Waals surface area contributed by atoms with Crippen LogP contribution in [0.4, 0.5) is 0 Å². The van der Waals surface area contributed by atoms with Gasteiger partial charge in [-0.05, 0) is 50.6 Å². The molecule has 0 unspecified atom stereocenters. The fourth-order valence-electron chi connectivity index (χ4n) is 4.17. The van der Waals surface area contributed by atoms with Crippen LogP contribution in [0.15, 0.2) is 0 Å². The minimum Gasteiger partial charge on any atom is -0.381 e. The zero-order chi connectivity index (χ0) is 17.0. The summed E-state index contributed by atoms with van der Waals surface area (Å²) in [5, 5.41) is 0. The number of hydrogen-bond acceptors (Lipinski definition) is 5. The Kier molecular flexibility index (Phi) is 6.13. The van der Waals surface area contributed by atoms with Gasteiger partial charge in [0.15, 0.2) is 0 Å². The minimum absolute atomic E-state index is 0.00693. The largest absolute Gasteiger partial charge is 0.381 e. The molecule has 0 aromatic carbocycles. The molecule has 6 nitrogen and oxygen atoms in total. The average Bonchev–Trinajstić information content (AvgIpc) is 2.99. The molecular weight excluding hydrogens is 308 g/mol. The molecular formula is C18H32N2O4. The van der Waals surface area contributed by atoms with E-state index in [1.54, 1.807) is 19.0 Å². The van der Waals surface area contributed by atoms with E-state index in [1.165, 1.54) is 38.8 Å². The van der Waals surface area contributed by atoms with Crippen molar-refractivity contribution in [2.24, 2.45) is 5.41 Å². The lowest BCUT2D eigenvalue weighted by molar-refractivity contribution is -0.134. The average molecular weight is 340 g/mol. The van der Waals surface area contributed by atoms with E-state index < -0.39 is 0 Å². The molecule has 0 saturated carbocycles. The molecule has 0 N–H and O–H groups in total. The van der Waals surface area contributed by atoms with E-state index in [0.29, 0.717) is 12.0 Å². The third kappa shape index (κ3) is 4.48. The van der Waals surface area contributed by atoms with Crippen molar-refractivity contribution in [3.05, 3.63) is 0 Å². The summed E-state index contributed by atoms with van der Waals surface area (Å²) >= 11 is 0. The van der Waals surface area contributed by atoms with E-state index >= 15 is 0 Å². The first-order chi connectivity index (χ1) is 11.6. The number of likely N-dealkylation sites (tertiary alicyclic amines) is 1. The molecule has 0 aliphatic carbocycles. The summed E-state index contributed by atoms with van der Waals surface area (Å²) in [5.74, 6) is 0.00693. The summed E-state index contributed by atoms with van der Waals surface area (Å²) < 4.78 is 17.0. The molecule has 0 bridgehead atoms. The Balaban J connectivity index is 1.38. The highest BCUT2D eigenvalue weighted by Gasteiger charge is 2.43. The van der Waals surface area contributed by atoms with Gasteiger partial charge >= 0.3 is 0 Å². The number of carbonyl (C=O) groups is 1. The SMILES string of the molecule is CN(C)C(=O)COC[C@@H]1CC2(CCN(C3CCOCC3)CC2)CO1. The molecule has 0 aromatic heterocycles. The second-order valence-corrected chi connectivity index (χ2v) is 7.82. The van der Waals surface area contributed by atoms with E-state index in [1.807, 2.05) is 0 Å². The predicted molar refractivity (Wildman–Crippen MR) is 91.0 cm³/mol. The van der Waals surface area contributed by atoms with Gasteiger partial charge in [-0.25, -0.2) is 0 Å². The number of ether oxygens (including phenoxy) is 3. The number of carbonyl (C=O) groups excluding carboxylic acids is 1. The third-order valence-corrected chi connectivity index (χ3v) is 5.88. The fraction of sp³-hybridized carbons (Fsp3) is 0.944. The highest BCUT2D eigenvalue weighted by Crippen LogP contribution is 2.42. The lowest BCUT2D eigenvalue weighted by Crippen LogP contribution is -2.47. The fourth-order valence-corrected chi connectivity index (χ4v) is 4.17. The Labute approximate surface area is 145 Å². The summed E-state index contributed by atoms with van der Waals surface area (Å²) in [6, 6.07) is 0.717. The summed E-state index contributed by atoms with van der Waals surface area (Å²) in [6.07, 6.45) is 6.02. The number of likely N-dealkylation sites (N-methyl/N-ethyl adjacent to an activating group) is 1. The topological polar surface area (TPSA) is 51.2 Å². The molecule has 1 atom stereocenters. The van der Waals surface area contributed by atoms with Crippen molar-refractivity contribution in [1.82, 2.24) is 9.80 Å². The summed E-state index contributed by atoms with van der Waals surface area (Å²) in [5.41, 5.74) is 0.335. The van der Waals surface area contributed by atoms with Crippen molar-refractivity contribution in [2.75, 3.05) is 60.2 Å². The van der Waals surface area contributed by atoms with Gasteiger partial charge in [0.1, 0.15) is 6.61 Å². The van der Waals surface area contributed by atoms with Gasteiger partial charge in [-0.1, -0.05) is 0 Å². The first-order valence-corrected chi connectivity index (χ1v) is 9.29. The Morgan fingerprint density at radius 3 is 2.62 bits per heavy atom. The Morgan fingerprint density at radius 1 is 1.25 bits per heavy atom. The van der Waals surface area contributed by atoms with Gasteiger partial charge in [0.05, 0.1) is 19.3 Å². The van der Waals surface area contributed by atoms with Gasteiger partial charge in [-0.15, -0.1) is 0 Å². The Bertz CT molecular complexity index is 415. The zero-order valence-electron chi connectivity index (χ0n) is 15.2. The molecule has 0 radical (unpaired) electrons. The number of rotatable bonds is 5. The van der Waals surface area contributed by atoms with Crippen LogP contribution >= 0.6 is 0 Å².